The SMILES string of the molecule is COc1ccc2c(c1)C(=O)C(C(=O)C(=O)O)C(C)S2. The molecule has 1 aliphatic heterocycles. The van der Waals surface area contributed by atoms with Crippen molar-refractivity contribution in [2.24, 2.45) is 5.92 Å². The molecule has 0 amide bonds. The van der Waals surface area contributed by atoms with Crippen molar-refractivity contribution >= 4 is 29.3 Å². The molecule has 6 heteroatoms. The van der Waals surface area contributed by atoms with Crippen molar-refractivity contribution < 1.29 is 24.2 Å². The van der Waals surface area contributed by atoms with E-state index >= 15 is 0 Å². The number of thioether (sulfide) groups is 1. The Hall–Kier alpha value is -1.82. The molecule has 0 aliphatic carbocycles. The Morgan fingerprint density at radius 1 is 1.37 bits per heavy atom. The van der Waals surface area contributed by atoms with Gasteiger partial charge in [-0.15, -0.1) is 11.8 Å². The van der Waals surface area contributed by atoms with Gasteiger partial charge in [-0.3, -0.25) is 9.59 Å². The predicted octanol–water partition coefficient (Wildman–Crippen LogP) is 1.64. The second-order valence-corrected chi connectivity index (χ2v) is 5.62. The molecular formula is C13H12O5S. The summed E-state index contributed by atoms with van der Waals surface area (Å²) in [5, 5.41) is 8.39. The summed E-state index contributed by atoms with van der Waals surface area (Å²) >= 11 is 1.33. The second kappa shape index (κ2) is 5.05. The first-order chi connectivity index (χ1) is 8.95. The average Bonchev–Trinajstić information content (AvgIpc) is 2.38. The molecule has 100 valence electrons. The zero-order valence-electron chi connectivity index (χ0n) is 10.4. The van der Waals surface area contributed by atoms with E-state index in [0.717, 1.165) is 4.90 Å². The highest BCUT2D eigenvalue weighted by atomic mass is 32.2. The van der Waals surface area contributed by atoms with Gasteiger partial charge in [-0.1, -0.05) is 6.92 Å². The third-order valence-electron chi connectivity index (χ3n) is 3.01. The maximum atomic E-state index is 12.3. The highest BCUT2D eigenvalue weighted by Crippen LogP contribution is 2.40. The van der Waals surface area contributed by atoms with Crippen LogP contribution in [0, 0.1) is 5.92 Å². The first-order valence-corrected chi connectivity index (χ1v) is 6.49. The Morgan fingerprint density at radius 2 is 2.05 bits per heavy atom. The van der Waals surface area contributed by atoms with Crippen LogP contribution in [0.2, 0.25) is 0 Å². The van der Waals surface area contributed by atoms with Crippen molar-refractivity contribution in [1.29, 1.82) is 0 Å². The molecule has 2 atom stereocenters. The fourth-order valence-corrected chi connectivity index (χ4v) is 3.26. The maximum Gasteiger partial charge on any atom is 0.373 e. The van der Waals surface area contributed by atoms with E-state index in [4.69, 9.17) is 9.84 Å². The molecule has 1 aromatic rings. The third kappa shape index (κ3) is 2.35. The lowest BCUT2D eigenvalue weighted by Gasteiger charge is -2.26. The van der Waals surface area contributed by atoms with E-state index in [9.17, 15) is 14.4 Å². The Labute approximate surface area is 113 Å². The van der Waals surface area contributed by atoms with Gasteiger partial charge in [0.1, 0.15) is 11.7 Å². The number of Topliss-reactive ketones (excluding diaryl/α,β-unsaturated/α-hetero) is 2. The van der Waals surface area contributed by atoms with E-state index < -0.39 is 28.7 Å². The zero-order valence-corrected chi connectivity index (χ0v) is 11.2. The number of rotatable bonds is 3. The lowest BCUT2D eigenvalue weighted by Crippen LogP contribution is -2.38. The standard InChI is InChI=1S/C13H12O5S/c1-6-10(12(15)13(16)17)11(14)8-5-7(18-2)3-4-9(8)19-6/h3-6,10H,1-2H3,(H,16,17). The molecule has 1 aliphatic rings. The van der Waals surface area contributed by atoms with Crippen LogP contribution in [-0.2, 0) is 9.59 Å². The highest BCUT2D eigenvalue weighted by Gasteiger charge is 2.41. The fraction of sp³-hybridized carbons (Fsp3) is 0.308. The Morgan fingerprint density at radius 3 is 2.63 bits per heavy atom. The van der Waals surface area contributed by atoms with Gasteiger partial charge in [0.05, 0.1) is 7.11 Å². The van der Waals surface area contributed by atoms with Crippen molar-refractivity contribution in [2.45, 2.75) is 17.1 Å². The summed E-state index contributed by atoms with van der Waals surface area (Å²) < 4.78 is 5.04. The minimum atomic E-state index is -1.57. The number of carboxylic acids is 1. The number of carbonyl (C=O) groups excluding carboxylic acids is 2. The van der Waals surface area contributed by atoms with Crippen LogP contribution in [0.1, 0.15) is 17.3 Å². The van der Waals surface area contributed by atoms with Gasteiger partial charge < -0.3 is 9.84 Å². The van der Waals surface area contributed by atoms with Crippen LogP contribution in [-0.4, -0.2) is 35.0 Å². The quantitative estimate of drug-likeness (QED) is 0.669. The van der Waals surface area contributed by atoms with Gasteiger partial charge in [0.25, 0.3) is 5.78 Å². The van der Waals surface area contributed by atoms with Crippen molar-refractivity contribution in [1.82, 2.24) is 0 Å². The highest BCUT2D eigenvalue weighted by molar-refractivity contribution is 8.00. The fourth-order valence-electron chi connectivity index (χ4n) is 2.05. The topological polar surface area (TPSA) is 80.7 Å². The summed E-state index contributed by atoms with van der Waals surface area (Å²) in [6.07, 6.45) is 0. The summed E-state index contributed by atoms with van der Waals surface area (Å²) in [4.78, 5) is 35.4. The van der Waals surface area contributed by atoms with Gasteiger partial charge in [-0.25, -0.2) is 4.79 Å². The Bertz CT molecular complexity index is 566. The van der Waals surface area contributed by atoms with E-state index in [0.29, 0.717) is 11.3 Å². The van der Waals surface area contributed by atoms with Gasteiger partial charge in [0.2, 0.25) is 0 Å². The van der Waals surface area contributed by atoms with E-state index in [1.165, 1.54) is 18.9 Å². The molecule has 0 bridgehead atoms. The largest absolute Gasteiger partial charge is 0.497 e. The molecule has 2 unspecified atom stereocenters. The maximum absolute atomic E-state index is 12.3. The van der Waals surface area contributed by atoms with Crippen LogP contribution in [0.5, 0.6) is 5.75 Å². The number of aliphatic carboxylic acids is 1. The molecule has 0 saturated carbocycles. The van der Waals surface area contributed by atoms with Gasteiger partial charge in [-0.05, 0) is 18.2 Å². The molecule has 0 saturated heterocycles. The summed E-state index contributed by atoms with van der Waals surface area (Å²) in [5.41, 5.74) is 0.349. The summed E-state index contributed by atoms with van der Waals surface area (Å²) in [5.74, 6) is -3.71. The molecule has 0 aromatic heterocycles. The molecule has 0 radical (unpaired) electrons. The number of hydrogen-bond acceptors (Lipinski definition) is 5. The van der Waals surface area contributed by atoms with Crippen LogP contribution in [0.25, 0.3) is 0 Å². The number of fused-ring (bicyclic) bond motifs is 1. The second-order valence-electron chi connectivity index (χ2n) is 4.20. The number of benzene rings is 1. The normalized spacial score (nSPS) is 21.7. The lowest BCUT2D eigenvalue weighted by molar-refractivity contribution is -0.150. The third-order valence-corrected chi connectivity index (χ3v) is 4.26. The van der Waals surface area contributed by atoms with Gasteiger partial charge in [0, 0.05) is 15.7 Å². The van der Waals surface area contributed by atoms with Crippen molar-refractivity contribution in [3.8, 4) is 5.75 Å². The van der Waals surface area contributed by atoms with E-state index in [1.807, 2.05) is 0 Å². The lowest BCUT2D eigenvalue weighted by atomic mass is 9.90. The summed E-state index contributed by atoms with van der Waals surface area (Å²) in [6, 6.07) is 5.01. The molecule has 0 spiro atoms. The van der Waals surface area contributed by atoms with Crippen molar-refractivity contribution in [3.63, 3.8) is 0 Å². The van der Waals surface area contributed by atoms with E-state index in [2.05, 4.69) is 0 Å². The number of carboxylic acid groups (broad SMARTS) is 1. The number of methoxy groups -OCH3 is 1. The molecular weight excluding hydrogens is 268 g/mol. The zero-order chi connectivity index (χ0) is 14.2. The number of hydrogen-bond donors (Lipinski definition) is 1. The molecule has 5 nitrogen and oxygen atoms in total. The molecule has 19 heavy (non-hydrogen) atoms. The first-order valence-electron chi connectivity index (χ1n) is 5.61. The van der Waals surface area contributed by atoms with Crippen LogP contribution in [0.15, 0.2) is 23.1 Å². The van der Waals surface area contributed by atoms with Gasteiger partial charge in [0.15, 0.2) is 5.78 Å². The van der Waals surface area contributed by atoms with E-state index in [1.54, 1.807) is 25.1 Å². The molecule has 1 heterocycles. The molecule has 0 fully saturated rings. The Balaban J connectivity index is 2.45. The smallest absolute Gasteiger partial charge is 0.373 e. The monoisotopic (exact) mass is 280 g/mol. The molecule has 2 rings (SSSR count). The summed E-state index contributed by atoms with van der Waals surface area (Å²) in [7, 11) is 1.48. The van der Waals surface area contributed by atoms with Gasteiger partial charge in [-0.2, -0.15) is 0 Å². The summed E-state index contributed by atoms with van der Waals surface area (Å²) in [6.45, 7) is 1.68. The minimum absolute atomic E-state index is 0.349. The van der Waals surface area contributed by atoms with Crippen LogP contribution in [0.3, 0.4) is 0 Å². The number of carbonyl (C=O) groups is 3. The van der Waals surface area contributed by atoms with Gasteiger partial charge >= 0.3 is 5.97 Å². The predicted molar refractivity (Wildman–Crippen MR) is 68.8 cm³/mol. The van der Waals surface area contributed by atoms with Crippen LogP contribution in [0.4, 0.5) is 0 Å². The van der Waals surface area contributed by atoms with Crippen molar-refractivity contribution in [3.05, 3.63) is 23.8 Å². The average molecular weight is 280 g/mol. The molecule has 1 aromatic carbocycles. The first kappa shape index (κ1) is 13.6. The van der Waals surface area contributed by atoms with Crippen LogP contribution >= 0.6 is 11.8 Å². The number of ketones is 2. The minimum Gasteiger partial charge on any atom is -0.497 e. The van der Waals surface area contributed by atoms with Crippen molar-refractivity contribution in [2.75, 3.05) is 7.11 Å². The molecule has 1 N–H and O–H groups in total. The Kier molecular flexibility index (Phi) is 3.61. The number of ether oxygens (including phenoxy) is 1. The van der Waals surface area contributed by atoms with Crippen LogP contribution < -0.4 is 4.74 Å². The van der Waals surface area contributed by atoms with E-state index in [-0.39, 0.29) is 0 Å².